The number of esters is 1. The van der Waals surface area contributed by atoms with Crippen LogP contribution in [0.15, 0.2) is 18.3 Å². The van der Waals surface area contributed by atoms with Crippen molar-refractivity contribution in [1.82, 2.24) is 9.88 Å². The Morgan fingerprint density at radius 3 is 2.76 bits per heavy atom. The minimum absolute atomic E-state index is 0.227. The average Bonchev–Trinajstić information content (AvgIpc) is 2.98. The highest BCUT2D eigenvalue weighted by molar-refractivity contribution is 5.91. The van der Waals surface area contributed by atoms with E-state index in [1.807, 2.05) is 0 Å². The van der Waals surface area contributed by atoms with Gasteiger partial charge >= 0.3 is 5.97 Å². The molecule has 1 aromatic heterocycles. The van der Waals surface area contributed by atoms with Gasteiger partial charge in [-0.3, -0.25) is 4.79 Å². The van der Waals surface area contributed by atoms with Crippen molar-refractivity contribution in [3.05, 3.63) is 24.0 Å². The normalized spacial score (nSPS) is 16.4. The van der Waals surface area contributed by atoms with Crippen LogP contribution < -0.4 is 5.32 Å². The predicted octanol–water partition coefficient (Wildman–Crippen LogP) is 0.849. The van der Waals surface area contributed by atoms with Gasteiger partial charge in [0, 0.05) is 19.3 Å². The third-order valence-electron chi connectivity index (χ3n) is 2.73. The molecule has 1 fully saturated rings. The SMILES string of the molecule is C[C@H](OC(=O)c1cccn1C)C(=O)NC1CC1. The molecule has 0 bridgehead atoms. The molecular weight excluding hydrogens is 220 g/mol. The number of aromatic nitrogens is 1. The van der Waals surface area contributed by atoms with Crippen molar-refractivity contribution in [2.24, 2.45) is 7.05 Å². The van der Waals surface area contributed by atoms with Crippen molar-refractivity contribution in [2.75, 3.05) is 0 Å². The highest BCUT2D eigenvalue weighted by atomic mass is 16.5. The highest BCUT2D eigenvalue weighted by Gasteiger charge is 2.27. The van der Waals surface area contributed by atoms with E-state index in [0.29, 0.717) is 5.69 Å². The lowest BCUT2D eigenvalue weighted by molar-refractivity contribution is -0.129. The Morgan fingerprint density at radius 2 is 2.24 bits per heavy atom. The maximum Gasteiger partial charge on any atom is 0.355 e. The zero-order chi connectivity index (χ0) is 12.4. The van der Waals surface area contributed by atoms with Gasteiger partial charge in [-0.25, -0.2) is 4.79 Å². The van der Waals surface area contributed by atoms with Crippen LogP contribution in [0.3, 0.4) is 0 Å². The quantitative estimate of drug-likeness (QED) is 0.788. The monoisotopic (exact) mass is 236 g/mol. The van der Waals surface area contributed by atoms with Gasteiger partial charge in [0.15, 0.2) is 6.10 Å². The van der Waals surface area contributed by atoms with Crippen LogP contribution in [0.5, 0.6) is 0 Å². The second kappa shape index (κ2) is 4.61. The van der Waals surface area contributed by atoms with Crippen molar-refractivity contribution in [2.45, 2.75) is 31.9 Å². The molecule has 0 unspecified atom stereocenters. The molecule has 0 aromatic carbocycles. The summed E-state index contributed by atoms with van der Waals surface area (Å²) in [5.41, 5.74) is 0.441. The van der Waals surface area contributed by atoms with E-state index in [4.69, 9.17) is 4.74 Å². The molecule has 1 aliphatic carbocycles. The molecule has 1 aliphatic rings. The van der Waals surface area contributed by atoms with Gasteiger partial charge in [0.2, 0.25) is 0 Å². The number of aryl methyl sites for hydroxylation is 1. The molecule has 17 heavy (non-hydrogen) atoms. The Balaban J connectivity index is 1.89. The summed E-state index contributed by atoms with van der Waals surface area (Å²) in [7, 11) is 1.76. The zero-order valence-electron chi connectivity index (χ0n) is 9.97. The maximum absolute atomic E-state index is 11.7. The number of hydrogen-bond donors (Lipinski definition) is 1. The molecule has 0 saturated heterocycles. The van der Waals surface area contributed by atoms with Gasteiger partial charge in [-0.05, 0) is 31.9 Å². The van der Waals surface area contributed by atoms with E-state index in [9.17, 15) is 9.59 Å². The van der Waals surface area contributed by atoms with Crippen molar-refractivity contribution in [3.8, 4) is 0 Å². The molecule has 0 aliphatic heterocycles. The van der Waals surface area contributed by atoms with Gasteiger partial charge in [-0.1, -0.05) is 0 Å². The Bertz CT molecular complexity index is 435. The van der Waals surface area contributed by atoms with E-state index in [1.54, 1.807) is 36.9 Å². The van der Waals surface area contributed by atoms with E-state index >= 15 is 0 Å². The second-order valence-electron chi connectivity index (χ2n) is 4.33. The third-order valence-corrected chi connectivity index (χ3v) is 2.73. The summed E-state index contributed by atoms with van der Waals surface area (Å²) in [5.74, 6) is -0.703. The third kappa shape index (κ3) is 2.87. The van der Waals surface area contributed by atoms with Crippen LogP contribution in [-0.2, 0) is 16.6 Å². The lowest BCUT2D eigenvalue weighted by Gasteiger charge is -2.13. The van der Waals surface area contributed by atoms with Crippen LogP contribution in [0.2, 0.25) is 0 Å². The number of nitrogens with zero attached hydrogens (tertiary/aromatic N) is 1. The summed E-state index contributed by atoms with van der Waals surface area (Å²) in [6, 6.07) is 3.69. The maximum atomic E-state index is 11.7. The number of rotatable bonds is 4. The molecule has 1 atom stereocenters. The van der Waals surface area contributed by atoms with Crippen molar-refractivity contribution >= 4 is 11.9 Å². The molecule has 0 radical (unpaired) electrons. The predicted molar refractivity (Wildman–Crippen MR) is 61.5 cm³/mol. The van der Waals surface area contributed by atoms with Crippen LogP contribution in [-0.4, -0.2) is 28.6 Å². The summed E-state index contributed by atoms with van der Waals surface area (Å²) >= 11 is 0. The van der Waals surface area contributed by atoms with Crippen molar-refractivity contribution in [1.29, 1.82) is 0 Å². The van der Waals surface area contributed by atoms with E-state index < -0.39 is 12.1 Å². The molecule has 1 aromatic rings. The van der Waals surface area contributed by atoms with E-state index in [-0.39, 0.29) is 11.9 Å². The van der Waals surface area contributed by atoms with Gasteiger partial charge in [0.1, 0.15) is 5.69 Å². The Hall–Kier alpha value is -1.78. The van der Waals surface area contributed by atoms with Crippen LogP contribution in [0, 0.1) is 0 Å². The number of carbonyl (C=O) groups is 2. The van der Waals surface area contributed by atoms with E-state index in [2.05, 4.69) is 5.32 Å². The van der Waals surface area contributed by atoms with Gasteiger partial charge in [0.05, 0.1) is 0 Å². The van der Waals surface area contributed by atoms with Crippen LogP contribution >= 0.6 is 0 Å². The van der Waals surface area contributed by atoms with Crippen LogP contribution in [0.1, 0.15) is 30.3 Å². The topological polar surface area (TPSA) is 60.3 Å². The molecule has 1 saturated carbocycles. The fraction of sp³-hybridized carbons (Fsp3) is 0.500. The highest BCUT2D eigenvalue weighted by Crippen LogP contribution is 2.18. The number of amides is 1. The minimum atomic E-state index is -0.752. The molecule has 0 spiro atoms. The van der Waals surface area contributed by atoms with E-state index in [1.165, 1.54) is 0 Å². The molecule has 2 rings (SSSR count). The molecule has 92 valence electrons. The standard InChI is InChI=1S/C12H16N2O3/c1-8(11(15)13-9-5-6-9)17-12(16)10-4-3-7-14(10)2/h3-4,7-9H,5-6H2,1-2H3,(H,13,15)/t8-/m0/s1. The number of nitrogens with one attached hydrogen (secondary N) is 1. The van der Waals surface area contributed by atoms with Crippen molar-refractivity contribution < 1.29 is 14.3 Å². The number of carbonyl (C=O) groups excluding carboxylic acids is 2. The second-order valence-corrected chi connectivity index (χ2v) is 4.33. The van der Waals surface area contributed by atoms with Gasteiger partial charge in [-0.15, -0.1) is 0 Å². The fourth-order valence-corrected chi connectivity index (χ4v) is 1.49. The van der Waals surface area contributed by atoms with E-state index in [0.717, 1.165) is 12.8 Å². The zero-order valence-corrected chi connectivity index (χ0v) is 9.97. The summed E-state index contributed by atoms with van der Waals surface area (Å²) < 4.78 is 6.75. The Morgan fingerprint density at radius 1 is 1.53 bits per heavy atom. The first-order valence-electron chi connectivity index (χ1n) is 5.70. The molecule has 1 amide bonds. The molecule has 5 heteroatoms. The minimum Gasteiger partial charge on any atom is -0.448 e. The van der Waals surface area contributed by atoms with Gasteiger partial charge in [-0.2, -0.15) is 0 Å². The molecular formula is C12H16N2O3. The Labute approximate surface area is 99.8 Å². The first kappa shape index (κ1) is 11.7. The molecule has 1 N–H and O–H groups in total. The van der Waals surface area contributed by atoms with Crippen LogP contribution in [0.25, 0.3) is 0 Å². The van der Waals surface area contributed by atoms with Gasteiger partial charge in [0.25, 0.3) is 5.91 Å². The molecule has 5 nitrogen and oxygen atoms in total. The summed E-state index contributed by atoms with van der Waals surface area (Å²) in [5, 5.41) is 2.80. The largest absolute Gasteiger partial charge is 0.448 e. The lowest BCUT2D eigenvalue weighted by atomic mass is 10.3. The lowest BCUT2D eigenvalue weighted by Crippen LogP contribution is -2.37. The first-order valence-corrected chi connectivity index (χ1v) is 5.70. The average molecular weight is 236 g/mol. The van der Waals surface area contributed by atoms with Crippen molar-refractivity contribution in [3.63, 3.8) is 0 Å². The Kier molecular flexibility index (Phi) is 3.17. The van der Waals surface area contributed by atoms with Gasteiger partial charge < -0.3 is 14.6 Å². The molecule has 1 heterocycles. The fourth-order valence-electron chi connectivity index (χ4n) is 1.49. The van der Waals surface area contributed by atoms with Crippen LogP contribution in [0.4, 0.5) is 0 Å². The summed E-state index contributed by atoms with van der Waals surface area (Å²) in [4.78, 5) is 23.3. The summed E-state index contributed by atoms with van der Waals surface area (Å²) in [6.45, 7) is 1.58. The summed E-state index contributed by atoms with van der Waals surface area (Å²) in [6.07, 6.45) is 3.04. The number of ether oxygens (including phenoxy) is 1. The smallest absolute Gasteiger partial charge is 0.355 e. The number of hydrogen-bond acceptors (Lipinski definition) is 3. The first-order chi connectivity index (χ1) is 8.08.